The number of hydrogen-bond donors (Lipinski definition) is 0. The average molecular weight is 238 g/mol. The Kier molecular flexibility index (Phi) is 3.76. The lowest BCUT2D eigenvalue weighted by atomic mass is 9.92. The van der Waals surface area contributed by atoms with Gasteiger partial charge in [0, 0.05) is 37.6 Å². The van der Waals surface area contributed by atoms with E-state index in [1.54, 1.807) is 0 Å². The van der Waals surface area contributed by atoms with Crippen LogP contribution in [0.1, 0.15) is 40.5 Å². The number of hydrogen-bond acceptors (Lipinski definition) is 2. The van der Waals surface area contributed by atoms with E-state index in [4.69, 9.17) is 0 Å². The normalized spacial score (nSPS) is 30.1. The van der Waals surface area contributed by atoms with E-state index in [1.165, 1.54) is 19.4 Å². The zero-order chi connectivity index (χ0) is 12.6. The van der Waals surface area contributed by atoms with E-state index < -0.39 is 0 Å². The maximum atomic E-state index is 12.1. The molecule has 2 saturated heterocycles. The topological polar surface area (TPSA) is 23.6 Å². The predicted octanol–water partition coefficient (Wildman–Crippen LogP) is 1.97. The van der Waals surface area contributed by atoms with Crippen LogP contribution in [-0.2, 0) is 4.79 Å². The van der Waals surface area contributed by atoms with Crippen molar-refractivity contribution in [1.29, 1.82) is 0 Å². The second kappa shape index (κ2) is 4.97. The van der Waals surface area contributed by atoms with Crippen LogP contribution >= 0.6 is 0 Å². The molecule has 2 atom stereocenters. The molecule has 0 bridgehead atoms. The van der Waals surface area contributed by atoms with Gasteiger partial charge in [0.15, 0.2) is 0 Å². The molecule has 0 aliphatic carbocycles. The quantitative estimate of drug-likeness (QED) is 0.734. The van der Waals surface area contributed by atoms with Crippen molar-refractivity contribution in [3.63, 3.8) is 0 Å². The molecule has 0 unspecified atom stereocenters. The third-order valence-electron chi connectivity index (χ3n) is 4.37. The summed E-state index contributed by atoms with van der Waals surface area (Å²) in [5.74, 6) is 1.22. The molecule has 0 aromatic rings. The second-order valence-corrected chi connectivity index (χ2v) is 6.18. The fourth-order valence-corrected chi connectivity index (χ4v) is 3.29. The van der Waals surface area contributed by atoms with Crippen molar-refractivity contribution >= 4 is 5.91 Å². The lowest BCUT2D eigenvalue weighted by molar-refractivity contribution is -0.136. The van der Waals surface area contributed by atoms with Gasteiger partial charge in [0.1, 0.15) is 0 Å². The summed E-state index contributed by atoms with van der Waals surface area (Å²) in [6.45, 7) is 11.9. The highest BCUT2D eigenvalue weighted by Crippen LogP contribution is 2.32. The number of carbonyl (C=O) groups excluding carboxylic acids is 1. The van der Waals surface area contributed by atoms with Crippen molar-refractivity contribution in [3.05, 3.63) is 0 Å². The molecule has 0 N–H and O–H groups in total. The third-order valence-corrected chi connectivity index (χ3v) is 4.37. The molecule has 2 aliphatic heterocycles. The maximum Gasteiger partial charge on any atom is 0.225 e. The molecular weight excluding hydrogens is 212 g/mol. The maximum absolute atomic E-state index is 12.1. The zero-order valence-electron chi connectivity index (χ0n) is 11.6. The fourth-order valence-electron chi connectivity index (χ4n) is 3.29. The summed E-state index contributed by atoms with van der Waals surface area (Å²) in [6, 6.07) is 1.17. The van der Waals surface area contributed by atoms with Gasteiger partial charge in [-0.1, -0.05) is 13.8 Å². The Bertz CT molecular complexity index is 288. The van der Waals surface area contributed by atoms with Gasteiger partial charge < -0.3 is 9.80 Å². The van der Waals surface area contributed by atoms with Crippen LogP contribution in [0.4, 0.5) is 0 Å². The first kappa shape index (κ1) is 12.9. The second-order valence-electron chi connectivity index (χ2n) is 6.18. The van der Waals surface area contributed by atoms with Gasteiger partial charge in [-0.2, -0.15) is 0 Å². The molecule has 2 heterocycles. The van der Waals surface area contributed by atoms with Gasteiger partial charge in [0.2, 0.25) is 5.91 Å². The minimum Gasteiger partial charge on any atom is -0.339 e. The van der Waals surface area contributed by atoms with Crippen molar-refractivity contribution in [2.24, 2.45) is 11.8 Å². The predicted molar refractivity (Wildman–Crippen MR) is 69.8 cm³/mol. The molecule has 0 aromatic heterocycles. The Hall–Kier alpha value is -0.570. The van der Waals surface area contributed by atoms with E-state index in [-0.39, 0.29) is 5.92 Å². The molecule has 98 valence electrons. The molecule has 0 spiro atoms. The van der Waals surface area contributed by atoms with Crippen LogP contribution in [0.5, 0.6) is 0 Å². The molecule has 3 nitrogen and oxygen atoms in total. The Balaban J connectivity index is 1.99. The van der Waals surface area contributed by atoms with Crippen molar-refractivity contribution in [2.75, 3.05) is 19.6 Å². The van der Waals surface area contributed by atoms with Crippen LogP contribution in [0, 0.1) is 11.8 Å². The van der Waals surface area contributed by atoms with E-state index in [1.807, 2.05) is 13.8 Å². The van der Waals surface area contributed by atoms with Crippen LogP contribution in [0.25, 0.3) is 0 Å². The molecule has 0 aromatic carbocycles. The summed E-state index contributed by atoms with van der Waals surface area (Å²) in [5, 5.41) is 0. The molecule has 1 amide bonds. The number of carbonyl (C=O) groups is 1. The Morgan fingerprint density at radius 1 is 1.12 bits per heavy atom. The first-order chi connectivity index (χ1) is 8.00. The van der Waals surface area contributed by atoms with Crippen molar-refractivity contribution in [2.45, 2.75) is 52.6 Å². The van der Waals surface area contributed by atoms with E-state index in [0.29, 0.717) is 23.9 Å². The number of nitrogens with zero attached hydrogens (tertiary/aromatic N) is 2. The van der Waals surface area contributed by atoms with Crippen LogP contribution in [0.15, 0.2) is 0 Å². The van der Waals surface area contributed by atoms with Crippen molar-refractivity contribution in [1.82, 2.24) is 9.80 Å². The van der Waals surface area contributed by atoms with Gasteiger partial charge in [0.05, 0.1) is 0 Å². The van der Waals surface area contributed by atoms with Gasteiger partial charge >= 0.3 is 0 Å². The highest BCUT2D eigenvalue weighted by molar-refractivity contribution is 5.78. The third kappa shape index (κ3) is 2.49. The zero-order valence-corrected chi connectivity index (χ0v) is 11.6. The number of amides is 1. The molecular formula is C14H26N2O. The molecule has 17 heavy (non-hydrogen) atoms. The average Bonchev–Trinajstić information content (AvgIpc) is 2.70. The monoisotopic (exact) mass is 238 g/mol. The van der Waals surface area contributed by atoms with Gasteiger partial charge in [-0.05, 0) is 32.6 Å². The number of likely N-dealkylation sites (tertiary alicyclic amines) is 2. The van der Waals surface area contributed by atoms with Crippen LogP contribution in [0.3, 0.4) is 0 Å². The van der Waals surface area contributed by atoms with Gasteiger partial charge in [-0.3, -0.25) is 4.79 Å². The molecule has 2 aliphatic rings. The number of piperidine rings is 1. The molecule has 0 radical (unpaired) electrons. The first-order valence-corrected chi connectivity index (χ1v) is 7.05. The lowest BCUT2D eigenvalue weighted by Gasteiger charge is -2.40. The van der Waals surface area contributed by atoms with Crippen LogP contribution in [0.2, 0.25) is 0 Å². The summed E-state index contributed by atoms with van der Waals surface area (Å²) in [7, 11) is 0. The van der Waals surface area contributed by atoms with Crippen LogP contribution < -0.4 is 0 Å². The summed E-state index contributed by atoms with van der Waals surface area (Å²) in [4.78, 5) is 16.8. The van der Waals surface area contributed by atoms with Crippen molar-refractivity contribution < 1.29 is 4.79 Å². The Morgan fingerprint density at radius 2 is 1.82 bits per heavy atom. The molecule has 3 heteroatoms. The van der Waals surface area contributed by atoms with E-state index in [0.717, 1.165) is 13.1 Å². The Labute approximate surface area is 105 Å². The fraction of sp³-hybridized carbons (Fsp3) is 0.929. The smallest absolute Gasteiger partial charge is 0.225 e. The van der Waals surface area contributed by atoms with E-state index in [2.05, 4.69) is 23.6 Å². The highest BCUT2D eigenvalue weighted by Gasteiger charge is 2.41. The van der Waals surface area contributed by atoms with Gasteiger partial charge in [-0.15, -0.1) is 0 Å². The van der Waals surface area contributed by atoms with E-state index in [9.17, 15) is 4.79 Å². The minimum atomic E-state index is 0.150. The SMILES string of the molecule is CC(C)C(=O)N1CC[C@@H]2CN(C(C)C)CC[C@H]21. The number of fused-ring (bicyclic) bond motifs is 1. The number of rotatable bonds is 2. The van der Waals surface area contributed by atoms with Gasteiger partial charge in [-0.25, -0.2) is 0 Å². The molecule has 2 rings (SSSR count). The van der Waals surface area contributed by atoms with Crippen molar-refractivity contribution in [3.8, 4) is 0 Å². The molecule has 2 fully saturated rings. The first-order valence-electron chi connectivity index (χ1n) is 7.05. The summed E-state index contributed by atoms with van der Waals surface area (Å²) in [6.07, 6.45) is 2.37. The van der Waals surface area contributed by atoms with Crippen LogP contribution in [-0.4, -0.2) is 47.4 Å². The Morgan fingerprint density at radius 3 is 2.41 bits per heavy atom. The largest absolute Gasteiger partial charge is 0.339 e. The molecule has 0 saturated carbocycles. The van der Waals surface area contributed by atoms with E-state index >= 15 is 0 Å². The lowest BCUT2D eigenvalue weighted by Crippen LogP contribution is -2.50. The minimum absolute atomic E-state index is 0.150. The summed E-state index contributed by atoms with van der Waals surface area (Å²) in [5.41, 5.74) is 0. The van der Waals surface area contributed by atoms with Gasteiger partial charge in [0.25, 0.3) is 0 Å². The highest BCUT2D eigenvalue weighted by atomic mass is 16.2. The summed E-state index contributed by atoms with van der Waals surface area (Å²) >= 11 is 0. The standard InChI is InChI=1S/C14H26N2O/c1-10(2)14(17)16-8-5-12-9-15(11(3)4)7-6-13(12)16/h10-13H,5-9H2,1-4H3/t12-,13-/m1/s1. The summed E-state index contributed by atoms with van der Waals surface area (Å²) < 4.78 is 0.